The van der Waals surface area contributed by atoms with Gasteiger partial charge in [-0.15, -0.1) is 10.2 Å². The zero-order valence-corrected chi connectivity index (χ0v) is 19.9. The van der Waals surface area contributed by atoms with Gasteiger partial charge in [-0.1, -0.05) is 31.7 Å². The van der Waals surface area contributed by atoms with Crippen molar-refractivity contribution in [3.63, 3.8) is 0 Å². The second-order valence-corrected chi connectivity index (χ2v) is 11.3. The Hall–Kier alpha value is -1.95. The van der Waals surface area contributed by atoms with Crippen molar-refractivity contribution >= 4 is 27.7 Å². The average molecular weight is 481 g/mol. The van der Waals surface area contributed by atoms with Gasteiger partial charge < -0.3 is 14.1 Å². The number of benzene rings is 1. The fourth-order valence-corrected chi connectivity index (χ4v) is 6.31. The van der Waals surface area contributed by atoms with E-state index in [0.29, 0.717) is 43.7 Å². The summed E-state index contributed by atoms with van der Waals surface area (Å²) in [4.78, 5) is 14.7. The van der Waals surface area contributed by atoms with E-state index in [0.717, 1.165) is 19.5 Å². The number of ether oxygens (including phenoxy) is 1. The van der Waals surface area contributed by atoms with E-state index in [-0.39, 0.29) is 27.7 Å². The molecule has 1 aromatic carbocycles. The molecule has 2 atom stereocenters. The normalized spacial score (nSPS) is 22.8. The van der Waals surface area contributed by atoms with Crippen LogP contribution < -0.4 is 0 Å². The van der Waals surface area contributed by atoms with Crippen molar-refractivity contribution in [1.82, 2.24) is 19.4 Å². The highest BCUT2D eigenvalue weighted by molar-refractivity contribution is 7.99. The number of hydrogen-bond acceptors (Lipinski definition) is 8. The number of amides is 1. The summed E-state index contributed by atoms with van der Waals surface area (Å²) in [5.74, 6) is 1.52. The summed E-state index contributed by atoms with van der Waals surface area (Å²) in [7, 11) is -3.62. The van der Waals surface area contributed by atoms with Gasteiger partial charge in [0, 0.05) is 31.7 Å². The maximum absolute atomic E-state index is 12.9. The predicted molar refractivity (Wildman–Crippen MR) is 120 cm³/mol. The predicted octanol–water partition coefficient (Wildman–Crippen LogP) is 2.35. The highest BCUT2D eigenvalue weighted by Gasteiger charge is 2.28. The monoisotopic (exact) mass is 480 g/mol. The molecule has 2 aliphatic rings. The van der Waals surface area contributed by atoms with Gasteiger partial charge in [0.15, 0.2) is 0 Å². The van der Waals surface area contributed by atoms with Crippen LogP contribution in [0.5, 0.6) is 0 Å². The van der Waals surface area contributed by atoms with Gasteiger partial charge in [0.1, 0.15) is 0 Å². The van der Waals surface area contributed by atoms with Crippen LogP contribution >= 0.6 is 11.8 Å². The first-order chi connectivity index (χ1) is 15.3. The Morgan fingerprint density at radius 2 is 1.88 bits per heavy atom. The van der Waals surface area contributed by atoms with Crippen LogP contribution in [-0.2, 0) is 19.6 Å². The molecular weight excluding hydrogens is 452 g/mol. The third kappa shape index (κ3) is 5.33. The molecule has 2 fully saturated rings. The Balaban J connectivity index is 1.41. The summed E-state index contributed by atoms with van der Waals surface area (Å²) in [6.07, 6.45) is 1.14. The molecule has 1 aromatic heterocycles. The SMILES string of the molecule is CC1CC(C)CN(C(=O)CSc2nnc(-c3cccc(S(=O)(=O)N4CCOCC4)c3)o2)C1. The van der Waals surface area contributed by atoms with Crippen LogP contribution in [0.3, 0.4) is 0 Å². The Morgan fingerprint density at radius 3 is 2.59 bits per heavy atom. The molecule has 2 saturated heterocycles. The van der Waals surface area contributed by atoms with Crippen molar-refractivity contribution in [1.29, 1.82) is 0 Å². The lowest BCUT2D eigenvalue weighted by Crippen LogP contribution is -2.43. The molecule has 9 nitrogen and oxygen atoms in total. The number of sulfonamides is 1. The van der Waals surface area contributed by atoms with Crippen LogP contribution in [0.25, 0.3) is 11.5 Å². The van der Waals surface area contributed by atoms with Crippen molar-refractivity contribution in [2.75, 3.05) is 45.1 Å². The van der Waals surface area contributed by atoms with Crippen molar-refractivity contribution < 1.29 is 22.4 Å². The zero-order chi connectivity index (χ0) is 22.7. The molecule has 1 amide bonds. The van der Waals surface area contributed by atoms with Gasteiger partial charge in [-0.25, -0.2) is 8.42 Å². The Labute approximate surface area is 192 Å². The van der Waals surface area contributed by atoms with Crippen LogP contribution in [0.4, 0.5) is 0 Å². The third-order valence-electron chi connectivity index (χ3n) is 5.64. The average Bonchev–Trinajstić information content (AvgIpc) is 3.27. The van der Waals surface area contributed by atoms with E-state index < -0.39 is 10.0 Å². The first kappa shape index (κ1) is 23.2. The second-order valence-electron chi connectivity index (χ2n) is 8.45. The van der Waals surface area contributed by atoms with Gasteiger partial charge in [-0.3, -0.25) is 4.79 Å². The number of piperidine rings is 1. The molecule has 0 aliphatic carbocycles. The molecule has 0 N–H and O–H groups in total. The van der Waals surface area contributed by atoms with Crippen molar-refractivity contribution in [3.8, 4) is 11.5 Å². The summed E-state index contributed by atoms with van der Waals surface area (Å²) in [5.41, 5.74) is 0.517. The van der Waals surface area contributed by atoms with Gasteiger partial charge in [0.2, 0.25) is 21.8 Å². The Morgan fingerprint density at radius 1 is 1.16 bits per heavy atom. The fraction of sp³-hybridized carbons (Fsp3) is 0.571. The first-order valence-corrected chi connectivity index (χ1v) is 13.2. The molecule has 2 aliphatic heterocycles. The van der Waals surface area contributed by atoms with Gasteiger partial charge in [0.25, 0.3) is 5.22 Å². The quantitative estimate of drug-likeness (QED) is 0.580. The number of morpholine rings is 1. The second kappa shape index (κ2) is 9.90. The smallest absolute Gasteiger partial charge is 0.277 e. The maximum Gasteiger partial charge on any atom is 0.277 e. The number of nitrogens with zero attached hydrogens (tertiary/aromatic N) is 4. The number of likely N-dealkylation sites (tertiary alicyclic amines) is 1. The number of rotatable bonds is 6. The van der Waals surface area contributed by atoms with Crippen LogP contribution in [-0.4, -0.2) is 78.9 Å². The largest absolute Gasteiger partial charge is 0.411 e. The maximum atomic E-state index is 12.9. The summed E-state index contributed by atoms with van der Waals surface area (Å²) in [6, 6.07) is 6.47. The number of hydrogen-bond donors (Lipinski definition) is 0. The van der Waals surface area contributed by atoms with E-state index in [4.69, 9.17) is 9.15 Å². The Kier molecular flexibility index (Phi) is 7.18. The van der Waals surface area contributed by atoms with Crippen LogP contribution in [0.15, 0.2) is 38.8 Å². The minimum atomic E-state index is -3.62. The lowest BCUT2D eigenvalue weighted by molar-refractivity contribution is -0.130. The van der Waals surface area contributed by atoms with Gasteiger partial charge in [-0.05, 0) is 36.5 Å². The highest BCUT2D eigenvalue weighted by Crippen LogP contribution is 2.27. The molecule has 3 heterocycles. The highest BCUT2D eigenvalue weighted by atomic mass is 32.2. The van der Waals surface area contributed by atoms with Gasteiger partial charge in [-0.2, -0.15) is 4.31 Å². The molecule has 2 unspecified atom stereocenters. The first-order valence-electron chi connectivity index (χ1n) is 10.8. The van der Waals surface area contributed by atoms with E-state index in [1.54, 1.807) is 18.2 Å². The number of carbonyl (C=O) groups excluding carboxylic acids is 1. The lowest BCUT2D eigenvalue weighted by atomic mass is 9.92. The molecule has 11 heteroatoms. The van der Waals surface area contributed by atoms with Gasteiger partial charge in [0.05, 0.1) is 23.9 Å². The number of thioether (sulfide) groups is 1. The van der Waals surface area contributed by atoms with Crippen LogP contribution in [0, 0.1) is 11.8 Å². The molecule has 0 bridgehead atoms. The van der Waals surface area contributed by atoms with E-state index in [1.165, 1.54) is 22.1 Å². The number of aromatic nitrogens is 2. The van der Waals surface area contributed by atoms with Crippen LogP contribution in [0.1, 0.15) is 20.3 Å². The minimum Gasteiger partial charge on any atom is -0.411 e. The van der Waals surface area contributed by atoms with Crippen molar-refractivity contribution in [3.05, 3.63) is 24.3 Å². The molecule has 0 saturated carbocycles. The van der Waals surface area contributed by atoms with Gasteiger partial charge >= 0.3 is 0 Å². The molecule has 174 valence electrons. The van der Waals surface area contributed by atoms with E-state index in [1.807, 2.05) is 4.90 Å². The summed E-state index contributed by atoms with van der Waals surface area (Å²) in [5, 5.41) is 8.35. The van der Waals surface area contributed by atoms with Crippen molar-refractivity contribution in [2.45, 2.75) is 30.4 Å². The van der Waals surface area contributed by atoms with E-state index >= 15 is 0 Å². The molecule has 32 heavy (non-hydrogen) atoms. The summed E-state index contributed by atoms with van der Waals surface area (Å²) in [6.45, 7) is 7.33. The number of carbonyl (C=O) groups is 1. The van der Waals surface area contributed by atoms with Crippen LogP contribution in [0.2, 0.25) is 0 Å². The zero-order valence-electron chi connectivity index (χ0n) is 18.3. The van der Waals surface area contributed by atoms with E-state index in [2.05, 4.69) is 24.0 Å². The minimum absolute atomic E-state index is 0.0618. The fourth-order valence-electron chi connectivity index (χ4n) is 4.19. The molecule has 0 radical (unpaired) electrons. The third-order valence-corrected chi connectivity index (χ3v) is 8.33. The topological polar surface area (TPSA) is 106 Å². The standard InChI is InChI=1S/C21H28N4O5S2/c1-15-10-16(2)13-24(12-15)19(26)14-31-21-23-22-20(30-21)17-4-3-5-18(11-17)32(27,28)25-6-8-29-9-7-25/h3-5,11,15-16H,6-10,12-14H2,1-2H3. The molecular formula is C21H28N4O5S2. The molecule has 2 aromatic rings. The summed E-state index contributed by atoms with van der Waals surface area (Å²) < 4.78 is 38.2. The molecule has 0 spiro atoms. The van der Waals surface area contributed by atoms with E-state index in [9.17, 15) is 13.2 Å². The molecule has 4 rings (SSSR count). The van der Waals surface area contributed by atoms with Crippen molar-refractivity contribution in [2.24, 2.45) is 11.8 Å². The Bertz CT molecular complexity index is 1040. The lowest BCUT2D eigenvalue weighted by Gasteiger charge is -2.34. The summed E-state index contributed by atoms with van der Waals surface area (Å²) >= 11 is 1.20.